The third-order valence-electron chi connectivity index (χ3n) is 5.12. The second-order valence-corrected chi connectivity index (χ2v) is 7.56. The molecule has 2 aliphatic rings. The quantitative estimate of drug-likeness (QED) is 0.230. The van der Waals surface area contributed by atoms with Crippen molar-refractivity contribution in [1.82, 2.24) is 0 Å². The van der Waals surface area contributed by atoms with Crippen LogP contribution in [-0.2, 0) is 15.1 Å². The molecule has 0 saturated heterocycles. The molecule has 0 fully saturated rings. The van der Waals surface area contributed by atoms with Crippen molar-refractivity contribution >= 4 is 34.5 Å². The average molecular weight is 516 g/mol. The van der Waals surface area contributed by atoms with Gasteiger partial charge in [0.15, 0.2) is 17.1 Å². The Balaban J connectivity index is 1.86. The first-order valence-electron chi connectivity index (χ1n) is 8.93. The zero-order chi connectivity index (χ0) is 21.0. The molecule has 2 N–H and O–H groups in total. The summed E-state index contributed by atoms with van der Waals surface area (Å²) in [7, 11) is 0. The summed E-state index contributed by atoms with van der Waals surface area (Å²) in [6.07, 6.45) is 0. The van der Waals surface area contributed by atoms with Crippen molar-refractivity contribution in [2.75, 3.05) is 4.43 Å². The number of fused-ring (bicyclic) bond motifs is 6. The van der Waals surface area contributed by atoms with Crippen LogP contribution in [0.15, 0.2) is 54.6 Å². The minimum atomic E-state index is -1.39. The number of benzene rings is 3. The summed E-state index contributed by atoms with van der Waals surface area (Å²) < 4.78 is 17.3. The van der Waals surface area contributed by atoms with E-state index in [1.54, 1.807) is 36.4 Å². The number of alkyl halides is 1. The van der Waals surface area contributed by atoms with E-state index in [4.69, 9.17) is 14.2 Å². The summed E-state index contributed by atoms with van der Waals surface area (Å²) in [6, 6.07) is 14.4. The molecule has 30 heavy (non-hydrogen) atoms. The first-order valence-corrected chi connectivity index (χ1v) is 10.5. The number of halogens is 1. The van der Waals surface area contributed by atoms with Gasteiger partial charge in [-0.15, -0.1) is 0 Å². The first kappa shape index (κ1) is 18.7. The summed E-state index contributed by atoms with van der Waals surface area (Å²) in [5.74, 6) is -1.39. The molecule has 150 valence electrons. The molecule has 3 aromatic rings. The van der Waals surface area contributed by atoms with Crippen LogP contribution in [0.2, 0.25) is 0 Å². The van der Waals surface area contributed by atoms with Crippen molar-refractivity contribution in [3.63, 3.8) is 0 Å². The molecular formula is C22H13IO7. The number of ether oxygens (including phenoxy) is 3. The molecule has 0 amide bonds. The van der Waals surface area contributed by atoms with Gasteiger partial charge in [0, 0.05) is 17.2 Å². The van der Waals surface area contributed by atoms with Gasteiger partial charge in [0.2, 0.25) is 5.75 Å². The average Bonchev–Trinajstić information content (AvgIpc) is 3.03. The third-order valence-corrected chi connectivity index (χ3v) is 5.75. The molecule has 2 aliphatic heterocycles. The van der Waals surface area contributed by atoms with Gasteiger partial charge in [-0.1, -0.05) is 40.8 Å². The van der Waals surface area contributed by atoms with E-state index in [9.17, 15) is 19.8 Å². The minimum absolute atomic E-state index is 0.0378. The number of phenolic OH excluding ortho intramolecular Hbond substituents is 2. The van der Waals surface area contributed by atoms with Crippen LogP contribution in [0.1, 0.15) is 27.0 Å². The number of esters is 2. The maximum Gasteiger partial charge on any atom is 0.340 e. The van der Waals surface area contributed by atoms with E-state index in [2.05, 4.69) is 0 Å². The van der Waals surface area contributed by atoms with Gasteiger partial charge in [-0.05, 0) is 30.3 Å². The predicted molar refractivity (Wildman–Crippen MR) is 113 cm³/mol. The lowest BCUT2D eigenvalue weighted by Crippen LogP contribution is -2.33. The van der Waals surface area contributed by atoms with Crippen molar-refractivity contribution in [3.05, 3.63) is 76.9 Å². The Labute approximate surface area is 184 Å². The van der Waals surface area contributed by atoms with Crippen LogP contribution in [-0.4, -0.2) is 26.6 Å². The molecule has 1 atom stereocenters. The van der Waals surface area contributed by atoms with E-state index in [-0.39, 0.29) is 33.2 Å². The van der Waals surface area contributed by atoms with Crippen LogP contribution in [0.3, 0.4) is 0 Å². The fourth-order valence-corrected chi connectivity index (χ4v) is 4.08. The van der Waals surface area contributed by atoms with Gasteiger partial charge in [-0.2, -0.15) is 0 Å². The highest BCUT2D eigenvalue weighted by atomic mass is 127. The number of phenols is 2. The Kier molecular flexibility index (Phi) is 4.14. The maximum absolute atomic E-state index is 12.8. The van der Waals surface area contributed by atoms with Crippen molar-refractivity contribution in [1.29, 1.82) is 0 Å². The van der Waals surface area contributed by atoms with Crippen molar-refractivity contribution in [2.24, 2.45) is 0 Å². The molecule has 7 nitrogen and oxygen atoms in total. The predicted octanol–water partition coefficient (Wildman–Crippen LogP) is 4.01. The number of hydrogen-bond acceptors (Lipinski definition) is 7. The van der Waals surface area contributed by atoms with E-state index in [0.717, 1.165) is 0 Å². The second kappa shape index (κ2) is 6.63. The monoisotopic (exact) mass is 516 g/mol. The molecule has 1 unspecified atom stereocenters. The summed E-state index contributed by atoms with van der Waals surface area (Å²) in [5, 5.41) is 20.4. The smallest absolute Gasteiger partial charge is 0.340 e. The molecule has 8 heteroatoms. The van der Waals surface area contributed by atoms with Gasteiger partial charge in [0.1, 0.15) is 11.5 Å². The molecule has 0 radical (unpaired) electrons. The Morgan fingerprint density at radius 3 is 2.60 bits per heavy atom. The number of aromatic hydroxyl groups is 2. The fourth-order valence-electron chi connectivity index (χ4n) is 3.93. The standard InChI is InChI=1S/C22H13IO7/c23-10-18(26)29-20-16(25)8-7-15-19(20)28-17-9-11(24)5-6-14(17)22(15)13-4-2-1-3-12(13)21(27)30-22/h1-9,24-25H,10H2. The molecule has 1 spiro atoms. The lowest BCUT2D eigenvalue weighted by atomic mass is 9.77. The molecular weight excluding hydrogens is 503 g/mol. The SMILES string of the molecule is O=C(CI)Oc1c(O)ccc2c1Oc1cc(O)ccc1C21OC(=O)c2ccccc21. The second-order valence-electron chi connectivity index (χ2n) is 6.80. The van der Waals surface area contributed by atoms with Crippen molar-refractivity contribution < 1.29 is 34.0 Å². The van der Waals surface area contributed by atoms with Gasteiger partial charge in [-0.25, -0.2) is 4.79 Å². The van der Waals surface area contributed by atoms with Crippen molar-refractivity contribution in [3.8, 4) is 28.7 Å². The van der Waals surface area contributed by atoms with E-state index in [1.165, 1.54) is 18.2 Å². The van der Waals surface area contributed by atoms with Crippen LogP contribution in [0, 0.1) is 0 Å². The minimum Gasteiger partial charge on any atom is -0.508 e. The third kappa shape index (κ3) is 2.49. The van der Waals surface area contributed by atoms with Crippen LogP contribution >= 0.6 is 22.6 Å². The highest BCUT2D eigenvalue weighted by molar-refractivity contribution is 14.1. The van der Waals surface area contributed by atoms with E-state index < -0.39 is 17.5 Å². The van der Waals surface area contributed by atoms with E-state index >= 15 is 0 Å². The highest BCUT2D eigenvalue weighted by Gasteiger charge is 2.54. The van der Waals surface area contributed by atoms with Crippen LogP contribution < -0.4 is 9.47 Å². The lowest BCUT2D eigenvalue weighted by Gasteiger charge is -2.37. The van der Waals surface area contributed by atoms with Gasteiger partial charge in [-0.3, -0.25) is 4.79 Å². The zero-order valence-corrected chi connectivity index (χ0v) is 17.4. The molecule has 0 bridgehead atoms. The number of carbonyl (C=O) groups is 2. The summed E-state index contributed by atoms with van der Waals surface area (Å²) >= 11 is 1.85. The van der Waals surface area contributed by atoms with Crippen LogP contribution in [0.5, 0.6) is 28.7 Å². The maximum atomic E-state index is 12.8. The van der Waals surface area contributed by atoms with Crippen LogP contribution in [0.25, 0.3) is 0 Å². The normalized spacial score (nSPS) is 18.1. The molecule has 0 aliphatic carbocycles. The Hall–Kier alpha value is -3.27. The van der Waals surface area contributed by atoms with Crippen LogP contribution in [0.4, 0.5) is 0 Å². The Morgan fingerprint density at radius 1 is 1.03 bits per heavy atom. The molecule has 2 heterocycles. The molecule has 3 aromatic carbocycles. The van der Waals surface area contributed by atoms with E-state index in [0.29, 0.717) is 22.3 Å². The number of carbonyl (C=O) groups excluding carboxylic acids is 2. The number of hydrogen-bond donors (Lipinski definition) is 2. The first-order chi connectivity index (χ1) is 14.5. The Morgan fingerprint density at radius 2 is 1.80 bits per heavy atom. The van der Waals surface area contributed by atoms with E-state index in [1.807, 2.05) is 22.6 Å². The molecule has 0 saturated carbocycles. The number of rotatable bonds is 2. The summed E-state index contributed by atoms with van der Waals surface area (Å²) in [4.78, 5) is 24.7. The largest absolute Gasteiger partial charge is 0.508 e. The summed E-state index contributed by atoms with van der Waals surface area (Å²) in [6.45, 7) is 0. The highest BCUT2D eigenvalue weighted by Crippen LogP contribution is 2.59. The topological polar surface area (TPSA) is 102 Å². The van der Waals surface area contributed by atoms with Gasteiger partial charge >= 0.3 is 11.9 Å². The van der Waals surface area contributed by atoms with Gasteiger partial charge < -0.3 is 24.4 Å². The Bertz CT molecular complexity index is 1240. The molecule has 0 aromatic heterocycles. The lowest BCUT2D eigenvalue weighted by molar-refractivity contribution is -0.131. The molecule has 5 rings (SSSR count). The fraction of sp³-hybridized carbons (Fsp3) is 0.0909. The van der Waals surface area contributed by atoms with Gasteiger partial charge in [0.05, 0.1) is 15.6 Å². The van der Waals surface area contributed by atoms with Gasteiger partial charge in [0.25, 0.3) is 0 Å². The van der Waals surface area contributed by atoms with Crippen molar-refractivity contribution in [2.45, 2.75) is 5.60 Å². The zero-order valence-electron chi connectivity index (χ0n) is 15.2. The summed E-state index contributed by atoms with van der Waals surface area (Å²) in [5.41, 5.74) is 0.492.